The Labute approximate surface area is 151 Å². The zero-order chi connectivity index (χ0) is 17.5. The third-order valence-electron chi connectivity index (χ3n) is 3.75. The lowest BCUT2D eigenvalue weighted by atomic mass is 10.2. The van der Waals surface area contributed by atoms with Crippen molar-refractivity contribution in [2.75, 3.05) is 38.2 Å². The lowest BCUT2D eigenvalue weighted by Crippen LogP contribution is -2.35. The molecule has 6 nitrogen and oxygen atoms in total. The summed E-state index contributed by atoms with van der Waals surface area (Å²) in [7, 11) is 0. The zero-order valence-electron chi connectivity index (χ0n) is 13.9. The molecule has 1 saturated heterocycles. The van der Waals surface area contributed by atoms with Crippen molar-refractivity contribution in [3.8, 4) is 5.75 Å². The largest absolute Gasteiger partial charge is 0.489 e. The van der Waals surface area contributed by atoms with Crippen LogP contribution in [0.1, 0.15) is 16.1 Å². The monoisotopic (exact) mass is 359 g/mol. The van der Waals surface area contributed by atoms with Gasteiger partial charge in [-0.1, -0.05) is 24.8 Å². The van der Waals surface area contributed by atoms with Crippen LogP contribution in [0.3, 0.4) is 0 Å². The molecule has 1 N–H and O–H groups in total. The molecular formula is C18H21N3O3S. The first kappa shape index (κ1) is 17.6. The van der Waals surface area contributed by atoms with E-state index in [-0.39, 0.29) is 5.91 Å². The molecule has 0 aliphatic carbocycles. The van der Waals surface area contributed by atoms with Crippen molar-refractivity contribution in [2.24, 2.45) is 0 Å². The fourth-order valence-electron chi connectivity index (χ4n) is 2.52. The Bertz CT molecular complexity index is 726. The maximum absolute atomic E-state index is 12.5. The molecule has 0 spiro atoms. The average molecular weight is 359 g/mol. The Balaban J connectivity index is 1.62. The fraction of sp³-hybridized carbons (Fsp3) is 0.333. The van der Waals surface area contributed by atoms with Gasteiger partial charge in [0.1, 0.15) is 12.4 Å². The topological polar surface area (TPSA) is 63.7 Å². The number of aromatic nitrogens is 1. The zero-order valence-corrected chi connectivity index (χ0v) is 14.8. The van der Waals surface area contributed by atoms with Gasteiger partial charge in [0, 0.05) is 25.0 Å². The minimum absolute atomic E-state index is 0.230. The second-order valence-corrected chi connectivity index (χ2v) is 6.44. The summed E-state index contributed by atoms with van der Waals surface area (Å²) < 4.78 is 10.9. The van der Waals surface area contributed by atoms with Crippen molar-refractivity contribution in [1.29, 1.82) is 0 Å². The maximum atomic E-state index is 12.5. The first-order valence-corrected chi connectivity index (χ1v) is 9.03. The number of rotatable bonds is 7. The van der Waals surface area contributed by atoms with Gasteiger partial charge in [-0.3, -0.25) is 15.0 Å². The van der Waals surface area contributed by atoms with E-state index in [1.165, 1.54) is 11.3 Å². The summed E-state index contributed by atoms with van der Waals surface area (Å²) in [6.07, 6.45) is 1.65. The number of anilines is 1. The van der Waals surface area contributed by atoms with Gasteiger partial charge in [-0.25, -0.2) is 4.98 Å². The van der Waals surface area contributed by atoms with Crippen LogP contribution in [0.2, 0.25) is 0 Å². The molecule has 1 aromatic carbocycles. The summed E-state index contributed by atoms with van der Waals surface area (Å²) >= 11 is 1.43. The van der Waals surface area contributed by atoms with Gasteiger partial charge in [-0.2, -0.15) is 0 Å². The standard InChI is InChI=1S/C18H21N3O3S/c1-2-9-24-16-6-4-3-5-15(16)17(22)20-18-19-14(13-25-18)12-21-7-10-23-11-8-21/h2-6,13H,1,7-12H2,(H,19,20,22). The van der Waals surface area contributed by atoms with Crippen molar-refractivity contribution in [3.63, 3.8) is 0 Å². The Morgan fingerprint density at radius 3 is 3.00 bits per heavy atom. The molecule has 2 heterocycles. The second kappa shape index (κ2) is 8.75. The number of benzene rings is 1. The van der Waals surface area contributed by atoms with Crippen LogP contribution in [0.5, 0.6) is 5.75 Å². The molecule has 0 saturated carbocycles. The van der Waals surface area contributed by atoms with Crippen LogP contribution in [-0.4, -0.2) is 48.7 Å². The summed E-state index contributed by atoms with van der Waals surface area (Å²) in [5.74, 6) is 0.303. The number of ether oxygens (including phenoxy) is 2. The molecule has 1 fully saturated rings. The van der Waals surface area contributed by atoms with Crippen LogP contribution < -0.4 is 10.1 Å². The van der Waals surface area contributed by atoms with E-state index in [1.54, 1.807) is 24.3 Å². The highest BCUT2D eigenvalue weighted by atomic mass is 32.1. The lowest BCUT2D eigenvalue weighted by molar-refractivity contribution is 0.0337. The molecule has 0 radical (unpaired) electrons. The quantitative estimate of drug-likeness (QED) is 0.770. The minimum Gasteiger partial charge on any atom is -0.489 e. The van der Waals surface area contributed by atoms with E-state index >= 15 is 0 Å². The van der Waals surface area contributed by atoms with Crippen molar-refractivity contribution >= 4 is 22.4 Å². The molecule has 0 bridgehead atoms. The number of hydrogen-bond acceptors (Lipinski definition) is 6. The molecule has 0 atom stereocenters. The second-order valence-electron chi connectivity index (χ2n) is 5.58. The van der Waals surface area contributed by atoms with Crippen molar-refractivity contribution in [1.82, 2.24) is 9.88 Å². The van der Waals surface area contributed by atoms with Crippen molar-refractivity contribution < 1.29 is 14.3 Å². The number of para-hydroxylation sites is 1. The molecule has 132 valence electrons. The van der Waals surface area contributed by atoms with Crippen LogP contribution in [0.25, 0.3) is 0 Å². The van der Waals surface area contributed by atoms with Crippen LogP contribution in [0.4, 0.5) is 5.13 Å². The highest BCUT2D eigenvalue weighted by molar-refractivity contribution is 7.14. The number of amides is 1. The summed E-state index contributed by atoms with van der Waals surface area (Å²) in [5.41, 5.74) is 1.44. The van der Waals surface area contributed by atoms with E-state index in [1.807, 2.05) is 11.4 Å². The van der Waals surface area contributed by atoms with E-state index in [2.05, 4.69) is 21.8 Å². The Morgan fingerprint density at radius 1 is 1.40 bits per heavy atom. The summed E-state index contributed by atoms with van der Waals surface area (Å²) in [4.78, 5) is 19.3. The number of nitrogens with zero attached hydrogens (tertiary/aromatic N) is 2. The fourth-order valence-corrected chi connectivity index (χ4v) is 3.22. The van der Waals surface area contributed by atoms with E-state index in [4.69, 9.17) is 9.47 Å². The Morgan fingerprint density at radius 2 is 2.20 bits per heavy atom. The molecule has 1 aliphatic heterocycles. The number of hydrogen-bond donors (Lipinski definition) is 1. The molecule has 25 heavy (non-hydrogen) atoms. The third kappa shape index (κ3) is 4.88. The van der Waals surface area contributed by atoms with Gasteiger partial charge >= 0.3 is 0 Å². The summed E-state index contributed by atoms with van der Waals surface area (Å²) in [5, 5.41) is 5.42. The number of nitrogens with one attached hydrogen (secondary N) is 1. The first-order valence-electron chi connectivity index (χ1n) is 8.15. The molecule has 7 heteroatoms. The predicted molar refractivity (Wildman–Crippen MR) is 98.3 cm³/mol. The molecule has 1 aromatic heterocycles. The average Bonchev–Trinajstić information content (AvgIpc) is 3.07. The SMILES string of the molecule is C=CCOc1ccccc1C(=O)Nc1nc(CN2CCOCC2)cs1. The molecular weight excluding hydrogens is 338 g/mol. The summed E-state index contributed by atoms with van der Waals surface area (Å²) in [6, 6.07) is 7.14. The lowest BCUT2D eigenvalue weighted by Gasteiger charge is -2.25. The normalized spacial score (nSPS) is 14.9. The Hall–Kier alpha value is -2.22. The van der Waals surface area contributed by atoms with E-state index in [0.717, 1.165) is 38.5 Å². The number of carbonyl (C=O) groups excluding carboxylic acids is 1. The van der Waals surface area contributed by atoms with Gasteiger partial charge in [0.15, 0.2) is 5.13 Å². The third-order valence-corrected chi connectivity index (χ3v) is 4.56. The van der Waals surface area contributed by atoms with Gasteiger partial charge in [0.25, 0.3) is 5.91 Å². The van der Waals surface area contributed by atoms with E-state index < -0.39 is 0 Å². The smallest absolute Gasteiger partial charge is 0.261 e. The van der Waals surface area contributed by atoms with E-state index in [0.29, 0.717) is 23.1 Å². The highest BCUT2D eigenvalue weighted by Gasteiger charge is 2.16. The van der Waals surface area contributed by atoms with Crippen LogP contribution in [0.15, 0.2) is 42.3 Å². The van der Waals surface area contributed by atoms with E-state index in [9.17, 15) is 4.79 Å². The molecule has 1 amide bonds. The predicted octanol–water partition coefficient (Wildman–Crippen LogP) is 2.79. The van der Waals surface area contributed by atoms with Crippen LogP contribution >= 0.6 is 11.3 Å². The van der Waals surface area contributed by atoms with Gasteiger partial charge in [-0.05, 0) is 12.1 Å². The van der Waals surface area contributed by atoms with Crippen LogP contribution in [0, 0.1) is 0 Å². The minimum atomic E-state index is -0.230. The molecule has 3 rings (SSSR count). The Kier molecular flexibility index (Phi) is 6.16. The van der Waals surface area contributed by atoms with Crippen molar-refractivity contribution in [2.45, 2.75) is 6.54 Å². The van der Waals surface area contributed by atoms with Gasteiger partial charge < -0.3 is 9.47 Å². The van der Waals surface area contributed by atoms with Gasteiger partial charge in [0.2, 0.25) is 0 Å². The molecule has 2 aromatic rings. The maximum Gasteiger partial charge on any atom is 0.261 e. The highest BCUT2D eigenvalue weighted by Crippen LogP contribution is 2.22. The number of morpholine rings is 1. The molecule has 0 unspecified atom stereocenters. The number of carbonyl (C=O) groups is 1. The van der Waals surface area contributed by atoms with Crippen LogP contribution in [-0.2, 0) is 11.3 Å². The number of thiazole rings is 1. The van der Waals surface area contributed by atoms with Gasteiger partial charge in [-0.15, -0.1) is 11.3 Å². The molecule has 1 aliphatic rings. The van der Waals surface area contributed by atoms with Gasteiger partial charge in [0.05, 0.1) is 24.5 Å². The first-order chi connectivity index (χ1) is 12.3. The summed E-state index contributed by atoms with van der Waals surface area (Å²) in [6.45, 7) is 8.09. The van der Waals surface area contributed by atoms with Crippen molar-refractivity contribution in [3.05, 3.63) is 53.6 Å².